The Balaban J connectivity index is 1.35. The average Bonchev–Trinajstić information content (AvgIpc) is 3.37. The zero-order valence-electron chi connectivity index (χ0n) is 28.5. The number of aromatic carboxylic acids is 1. The van der Waals surface area contributed by atoms with E-state index in [9.17, 15) is 14.7 Å². The molecule has 0 aromatic heterocycles. The van der Waals surface area contributed by atoms with Crippen LogP contribution >= 0.6 is 0 Å². The normalized spacial score (nSPS) is 42.2. The van der Waals surface area contributed by atoms with E-state index in [2.05, 4.69) is 66.4 Å². The lowest BCUT2D eigenvalue weighted by Gasteiger charge is -2.72. The minimum Gasteiger partial charge on any atom is -0.478 e. The summed E-state index contributed by atoms with van der Waals surface area (Å²) in [6, 6.07) is 7.55. The van der Waals surface area contributed by atoms with Gasteiger partial charge in [0.1, 0.15) is 0 Å². The number of benzene rings is 1. The van der Waals surface area contributed by atoms with Gasteiger partial charge in [-0.3, -0.25) is 4.79 Å². The van der Waals surface area contributed by atoms with E-state index in [0.29, 0.717) is 41.1 Å². The highest BCUT2D eigenvalue weighted by molar-refractivity contribution is 5.88. The second kappa shape index (κ2) is 10.6. The molecule has 44 heavy (non-hydrogen) atoms. The molecule has 4 fully saturated rings. The Morgan fingerprint density at radius 2 is 1.61 bits per heavy atom. The molecule has 0 heterocycles. The Labute approximate surface area is 266 Å². The Hall–Kier alpha value is -2.36. The van der Waals surface area contributed by atoms with E-state index in [1.807, 2.05) is 12.1 Å². The number of rotatable bonds is 6. The molecule has 4 nitrogen and oxygen atoms in total. The summed E-state index contributed by atoms with van der Waals surface area (Å²) in [6.45, 7) is 22.5. The van der Waals surface area contributed by atoms with Crippen LogP contribution in [0.5, 0.6) is 0 Å². The number of fused-ring (bicyclic) bond motifs is 7. The molecule has 240 valence electrons. The van der Waals surface area contributed by atoms with Crippen molar-refractivity contribution >= 4 is 17.4 Å². The van der Waals surface area contributed by atoms with E-state index in [4.69, 9.17) is 0 Å². The molecule has 0 spiro atoms. The number of hydrogen-bond acceptors (Lipinski definition) is 2. The van der Waals surface area contributed by atoms with Gasteiger partial charge in [0.2, 0.25) is 5.91 Å². The number of carboxylic acids is 1. The van der Waals surface area contributed by atoms with Crippen LogP contribution < -0.4 is 5.32 Å². The highest BCUT2D eigenvalue weighted by atomic mass is 16.4. The van der Waals surface area contributed by atoms with Crippen molar-refractivity contribution < 1.29 is 14.7 Å². The Kier molecular flexibility index (Phi) is 7.61. The molecular weight excluding hydrogens is 542 g/mol. The lowest BCUT2D eigenvalue weighted by Crippen LogP contribution is -2.66. The number of carbonyl (C=O) groups excluding carboxylic acids is 1. The van der Waals surface area contributed by atoms with Crippen LogP contribution in [-0.2, 0) is 4.79 Å². The van der Waals surface area contributed by atoms with E-state index in [1.54, 1.807) is 12.1 Å². The largest absolute Gasteiger partial charge is 0.478 e. The van der Waals surface area contributed by atoms with E-state index in [-0.39, 0.29) is 27.1 Å². The fourth-order valence-corrected chi connectivity index (χ4v) is 12.8. The topological polar surface area (TPSA) is 66.4 Å². The maximum atomic E-state index is 14.0. The molecule has 0 saturated heterocycles. The minimum atomic E-state index is -0.870. The first-order valence-corrected chi connectivity index (χ1v) is 17.7. The summed E-state index contributed by atoms with van der Waals surface area (Å²) in [5, 5.41) is 12.8. The second-order valence-corrected chi connectivity index (χ2v) is 17.0. The summed E-state index contributed by atoms with van der Waals surface area (Å²) in [5.74, 6) is 2.10. The predicted octanol–water partition coefficient (Wildman–Crippen LogP) is 9.56. The standard InChI is InChI=1S/C40H57NO3/c1-9-24-41-35(44)40-21-16-28(25(2)3)33(40)30-14-15-32-37(6)19-17-29(26-10-12-27(13-11-26)34(42)43)36(4,5)31(37)18-20-39(32,8)38(30,7)22-23-40/h10-13,17,28,30-33H,2,9,14-16,18-24H2,1,3-8H3,(H,41,44)(H,42,43)/t28-,30+,31-,32+,33+,37-,38+,39?,40-/m0/s1. The zero-order valence-corrected chi connectivity index (χ0v) is 28.5. The van der Waals surface area contributed by atoms with Crippen LogP contribution in [0.2, 0.25) is 0 Å². The molecule has 0 bridgehead atoms. The molecule has 2 N–H and O–H groups in total. The van der Waals surface area contributed by atoms with Crippen molar-refractivity contribution in [3.05, 3.63) is 53.6 Å². The summed E-state index contributed by atoms with van der Waals surface area (Å²) >= 11 is 0. The van der Waals surface area contributed by atoms with Crippen LogP contribution in [0.25, 0.3) is 5.57 Å². The van der Waals surface area contributed by atoms with Crippen molar-refractivity contribution in [2.24, 2.45) is 56.7 Å². The first kappa shape index (κ1) is 31.6. The number of hydrogen-bond donors (Lipinski definition) is 2. The summed E-state index contributed by atoms with van der Waals surface area (Å²) in [7, 11) is 0. The molecule has 5 aliphatic carbocycles. The molecule has 6 rings (SSSR count). The second-order valence-electron chi connectivity index (χ2n) is 17.0. The van der Waals surface area contributed by atoms with Crippen molar-refractivity contribution in [1.29, 1.82) is 0 Å². The molecule has 1 aromatic rings. The minimum absolute atomic E-state index is 0.00636. The predicted molar refractivity (Wildman–Crippen MR) is 179 cm³/mol. The van der Waals surface area contributed by atoms with Crippen LogP contribution in [0.3, 0.4) is 0 Å². The maximum Gasteiger partial charge on any atom is 0.335 e. The molecule has 1 aromatic carbocycles. The molecular formula is C40H57NO3. The van der Waals surface area contributed by atoms with Crippen molar-refractivity contribution in [2.75, 3.05) is 6.54 Å². The van der Waals surface area contributed by atoms with Crippen molar-refractivity contribution in [2.45, 2.75) is 113 Å². The Morgan fingerprint density at radius 1 is 0.909 bits per heavy atom. The van der Waals surface area contributed by atoms with Gasteiger partial charge in [-0.1, -0.05) is 71.9 Å². The fraction of sp³-hybridized carbons (Fsp3) is 0.700. The van der Waals surface area contributed by atoms with Crippen LogP contribution in [-0.4, -0.2) is 23.5 Å². The van der Waals surface area contributed by atoms with E-state index >= 15 is 0 Å². The first-order valence-electron chi connectivity index (χ1n) is 17.7. The van der Waals surface area contributed by atoms with Crippen molar-refractivity contribution in [1.82, 2.24) is 5.32 Å². The maximum absolute atomic E-state index is 14.0. The van der Waals surface area contributed by atoms with Crippen molar-refractivity contribution in [3.63, 3.8) is 0 Å². The van der Waals surface area contributed by atoms with Crippen LogP contribution in [0.4, 0.5) is 0 Å². The molecule has 1 amide bonds. The molecule has 0 radical (unpaired) electrons. The third-order valence-corrected chi connectivity index (χ3v) is 15.1. The number of amides is 1. The molecule has 4 heteroatoms. The highest BCUT2D eigenvalue weighted by Crippen LogP contribution is 2.77. The van der Waals surface area contributed by atoms with E-state index in [0.717, 1.165) is 45.1 Å². The molecule has 1 unspecified atom stereocenters. The number of allylic oxidation sites excluding steroid dienone is 3. The van der Waals surface area contributed by atoms with Gasteiger partial charge in [0.15, 0.2) is 0 Å². The first-order chi connectivity index (χ1) is 20.7. The van der Waals surface area contributed by atoms with Gasteiger partial charge in [-0.2, -0.15) is 0 Å². The number of carbonyl (C=O) groups is 2. The molecule has 5 aliphatic rings. The van der Waals surface area contributed by atoms with Crippen LogP contribution in [0, 0.1) is 56.7 Å². The number of carboxylic acid groups (broad SMARTS) is 1. The summed E-state index contributed by atoms with van der Waals surface area (Å²) in [4.78, 5) is 25.5. The monoisotopic (exact) mass is 599 g/mol. The smallest absolute Gasteiger partial charge is 0.335 e. The van der Waals surface area contributed by atoms with Gasteiger partial charge in [-0.15, -0.1) is 0 Å². The average molecular weight is 600 g/mol. The SMILES string of the molecule is C=C(C)[C@@H]1CC[C@]2(C(=O)NCCC)CC[C@]3(C)[C@H](CC[C@H]4C3(C)CC[C@H]3C(C)(C)C(c5ccc(C(=O)O)cc5)=CC[C@@]34C)[C@@H]12. The van der Waals surface area contributed by atoms with Gasteiger partial charge < -0.3 is 10.4 Å². The van der Waals surface area contributed by atoms with Gasteiger partial charge in [0.05, 0.1) is 11.0 Å². The Morgan fingerprint density at radius 3 is 2.25 bits per heavy atom. The highest BCUT2D eigenvalue weighted by Gasteiger charge is 2.71. The third kappa shape index (κ3) is 4.20. The van der Waals surface area contributed by atoms with Gasteiger partial charge in [-0.25, -0.2) is 4.79 Å². The third-order valence-electron chi connectivity index (χ3n) is 15.1. The summed E-state index contributed by atoms with van der Waals surface area (Å²) < 4.78 is 0. The van der Waals surface area contributed by atoms with Gasteiger partial charge in [-0.05, 0) is 146 Å². The van der Waals surface area contributed by atoms with Gasteiger partial charge >= 0.3 is 5.97 Å². The fourth-order valence-electron chi connectivity index (χ4n) is 12.8. The quantitative estimate of drug-likeness (QED) is 0.320. The van der Waals surface area contributed by atoms with E-state index < -0.39 is 5.97 Å². The molecule has 9 atom stereocenters. The van der Waals surface area contributed by atoms with E-state index in [1.165, 1.54) is 42.4 Å². The van der Waals surface area contributed by atoms with Crippen LogP contribution in [0.15, 0.2) is 42.5 Å². The molecule has 4 saturated carbocycles. The van der Waals surface area contributed by atoms with Gasteiger partial charge in [0, 0.05) is 6.54 Å². The zero-order chi connectivity index (χ0) is 31.9. The molecule has 0 aliphatic heterocycles. The van der Waals surface area contributed by atoms with Crippen LogP contribution in [0.1, 0.15) is 129 Å². The lowest BCUT2D eigenvalue weighted by atomic mass is 9.32. The summed E-state index contributed by atoms with van der Waals surface area (Å²) in [6.07, 6.45) is 13.8. The number of nitrogens with one attached hydrogen (secondary N) is 1. The lowest BCUT2D eigenvalue weighted by molar-refractivity contribution is -0.225. The summed E-state index contributed by atoms with van der Waals surface area (Å²) in [5.41, 5.74) is 4.63. The van der Waals surface area contributed by atoms with Gasteiger partial charge in [0.25, 0.3) is 0 Å². The Bertz CT molecular complexity index is 1370. The van der Waals surface area contributed by atoms with Crippen molar-refractivity contribution in [3.8, 4) is 0 Å².